The molecular formula is C26H29F3N4O5S. The first-order valence-electron chi connectivity index (χ1n) is 12.3. The molecular weight excluding hydrogens is 537 g/mol. The Balaban J connectivity index is 1.45. The van der Waals surface area contributed by atoms with Crippen LogP contribution in [0.3, 0.4) is 0 Å². The highest BCUT2D eigenvalue weighted by Crippen LogP contribution is 2.38. The fourth-order valence-corrected chi connectivity index (χ4v) is 6.31. The van der Waals surface area contributed by atoms with Crippen LogP contribution < -0.4 is 15.4 Å². The topological polar surface area (TPSA) is 117 Å². The molecule has 210 valence electrons. The van der Waals surface area contributed by atoms with E-state index in [2.05, 4.69) is 15.6 Å². The van der Waals surface area contributed by atoms with Crippen LogP contribution in [0.4, 0.5) is 13.2 Å². The number of benzene rings is 2. The second kappa shape index (κ2) is 10.6. The molecule has 0 bridgehead atoms. The lowest BCUT2D eigenvalue weighted by Crippen LogP contribution is -2.50. The molecule has 1 spiro atoms. The number of rotatable bonds is 7. The monoisotopic (exact) mass is 566 g/mol. The summed E-state index contributed by atoms with van der Waals surface area (Å²) in [7, 11) is -0.982. The van der Waals surface area contributed by atoms with E-state index in [0.29, 0.717) is 5.56 Å². The minimum absolute atomic E-state index is 0.0140. The molecule has 0 aliphatic carbocycles. The molecule has 0 radical (unpaired) electrons. The molecule has 2 aliphatic heterocycles. The van der Waals surface area contributed by atoms with Crippen molar-refractivity contribution in [1.82, 2.24) is 14.9 Å². The summed E-state index contributed by atoms with van der Waals surface area (Å²) in [5.41, 5.74) is -0.0446. The van der Waals surface area contributed by atoms with Gasteiger partial charge in [0.25, 0.3) is 11.8 Å². The first-order valence-corrected chi connectivity index (χ1v) is 13.9. The fourth-order valence-electron chi connectivity index (χ4n) is 4.83. The zero-order valence-electron chi connectivity index (χ0n) is 21.7. The van der Waals surface area contributed by atoms with Gasteiger partial charge < -0.3 is 15.4 Å². The molecule has 0 atom stereocenters. The van der Waals surface area contributed by atoms with Crippen LogP contribution in [0.1, 0.15) is 45.5 Å². The summed E-state index contributed by atoms with van der Waals surface area (Å²) in [6.45, 7) is 1.92. The van der Waals surface area contributed by atoms with Gasteiger partial charge in [0.05, 0.1) is 18.4 Å². The molecule has 0 saturated carbocycles. The summed E-state index contributed by atoms with van der Waals surface area (Å²) in [5, 5.41) is 5.12. The van der Waals surface area contributed by atoms with Crippen LogP contribution in [-0.2, 0) is 27.4 Å². The largest absolute Gasteiger partial charge is 0.496 e. The Bertz CT molecular complexity index is 1430. The van der Waals surface area contributed by atoms with E-state index in [1.807, 2.05) is 6.92 Å². The van der Waals surface area contributed by atoms with E-state index in [0.717, 1.165) is 24.3 Å². The van der Waals surface area contributed by atoms with E-state index in [9.17, 15) is 31.2 Å². The normalized spacial score (nSPS) is 17.6. The molecule has 2 aromatic carbocycles. The molecule has 2 heterocycles. The molecule has 0 unspecified atom stereocenters. The smallest absolute Gasteiger partial charge is 0.419 e. The van der Waals surface area contributed by atoms with Crippen LogP contribution in [0.25, 0.3) is 0 Å². The number of amides is 2. The van der Waals surface area contributed by atoms with Crippen LogP contribution in [0.15, 0.2) is 41.4 Å². The minimum atomic E-state index is -4.66. The van der Waals surface area contributed by atoms with Crippen LogP contribution >= 0.6 is 0 Å². The van der Waals surface area contributed by atoms with E-state index in [1.165, 1.54) is 23.5 Å². The highest BCUT2D eigenvalue weighted by atomic mass is 32.2. The van der Waals surface area contributed by atoms with Crippen LogP contribution in [0, 0.1) is 6.92 Å². The van der Waals surface area contributed by atoms with E-state index in [1.54, 1.807) is 18.2 Å². The first kappa shape index (κ1) is 28.6. The number of carbonyl (C=O) groups excluding carboxylic acids is 2. The molecule has 2 N–H and O–H groups in total. The van der Waals surface area contributed by atoms with E-state index >= 15 is 0 Å². The number of methoxy groups -OCH3 is 1. The van der Waals surface area contributed by atoms with Gasteiger partial charge in [-0.05, 0) is 67.6 Å². The SMILES string of the molecule is CNC(=O)c1ccc(CCS(=O)(=O)N2CCC3(CC2)N=C(c2ccc(OC)c(C(F)(F)F)c2)NC3=O)c(C)c1. The summed E-state index contributed by atoms with van der Waals surface area (Å²) in [5.74, 6) is -1.17. The number of aryl methyl sites for hydroxylation is 2. The summed E-state index contributed by atoms with van der Waals surface area (Å²) >= 11 is 0. The number of carbonyl (C=O) groups is 2. The van der Waals surface area contributed by atoms with Crippen molar-refractivity contribution in [3.63, 3.8) is 0 Å². The highest BCUT2D eigenvalue weighted by Gasteiger charge is 2.47. The highest BCUT2D eigenvalue weighted by molar-refractivity contribution is 7.89. The summed E-state index contributed by atoms with van der Waals surface area (Å²) < 4.78 is 72.6. The number of piperidine rings is 1. The third-order valence-corrected chi connectivity index (χ3v) is 9.03. The second-order valence-electron chi connectivity index (χ2n) is 9.54. The van der Waals surface area contributed by atoms with Crippen molar-refractivity contribution in [2.75, 3.05) is 33.0 Å². The van der Waals surface area contributed by atoms with Crippen molar-refractivity contribution in [3.05, 3.63) is 64.2 Å². The number of sulfonamides is 1. The van der Waals surface area contributed by atoms with Gasteiger partial charge in [-0.25, -0.2) is 12.7 Å². The van der Waals surface area contributed by atoms with Crippen molar-refractivity contribution in [3.8, 4) is 5.75 Å². The van der Waals surface area contributed by atoms with Crippen molar-refractivity contribution in [2.45, 2.75) is 37.9 Å². The van der Waals surface area contributed by atoms with Gasteiger partial charge in [0.2, 0.25) is 10.0 Å². The Morgan fingerprint density at radius 1 is 1.18 bits per heavy atom. The van der Waals surface area contributed by atoms with E-state index in [-0.39, 0.29) is 61.2 Å². The number of amidine groups is 1. The number of hydrogen-bond acceptors (Lipinski definition) is 6. The molecule has 0 aromatic heterocycles. The molecule has 2 aromatic rings. The quantitative estimate of drug-likeness (QED) is 0.535. The Hall–Kier alpha value is -3.45. The molecule has 9 nitrogen and oxygen atoms in total. The average molecular weight is 567 g/mol. The Morgan fingerprint density at radius 3 is 2.46 bits per heavy atom. The molecule has 39 heavy (non-hydrogen) atoms. The van der Waals surface area contributed by atoms with Crippen LogP contribution in [-0.4, -0.2) is 68.9 Å². The molecule has 2 amide bonds. The predicted molar refractivity (Wildman–Crippen MR) is 138 cm³/mol. The number of nitrogens with one attached hydrogen (secondary N) is 2. The second-order valence-corrected chi connectivity index (χ2v) is 11.6. The van der Waals surface area contributed by atoms with Crippen molar-refractivity contribution < 1.29 is 35.9 Å². The molecule has 2 aliphatic rings. The van der Waals surface area contributed by atoms with Gasteiger partial charge in [0.1, 0.15) is 17.1 Å². The van der Waals surface area contributed by atoms with E-state index in [4.69, 9.17) is 4.74 Å². The Labute approximate surface area is 224 Å². The summed E-state index contributed by atoms with van der Waals surface area (Å²) in [4.78, 5) is 29.1. The lowest BCUT2D eigenvalue weighted by Gasteiger charge is -2.34. The number of alkyl halides is 3. The zero-order valence-corrected chi connectivity index (χ0v) is 22.5. The Morgan fingerprint density at radius 2 is 1.87 bits per heavy atom. The van der Waals surface area contributed by atoms with Crippen LogP contribution in [0.5, 0.6) is 5.75 Å². The number of nitrogens with zero attached hydrogens (tertiary/aromatic N) is 2. The van der Waals surface area contributed by atoms with Crippen molar-refractivity contribution in [1.29, 1.82) is 0 Å². The van der Waals surface area contributed by atoms with Gasteiger partial charge in [0, 0.05) is 31.3 Å². The van der Waals surface area contributed by atoms with E-state index < -0.39 is 33.2 Å². The van der Waals surface area contributed by atoms with Gasteiger partial charge in [-0.3, -0.25) is 14.6 Å². The maximum Gasteiger partial charge on any atom is 0.419 e. The number of aliphatic imine (C=N–C) groups is 1. The average Bonchev–Trinajstić information content (AvgIpc) is 3.21. The summed E-state index contributed by atoms with van der Waals surface area (Å²) in [6.07, 6.45) is -4.20. The van der Waals surface area contributed by atoms with Crippen molar-refractivity contribution in [2.24, 2.45) is 4.99 Å². The number of hydrogen-bond donors (Lipinski definition) is 2. The van der Waals surface area contributed by atoms with Gasteiger partial charge >= 0.3 is 6.18 Å². The Kier molecular flexibility index (Phi) is 7.77. The lowest BCUT2D eigenvalue weighted by molar-refractivity contribution is -0.138. The minimum Gasteiger partial charge on any atom is -0.496 e. The predicted octanol–water partition coefficient (Wildman–Crippen LogP) is 2.67. The van der Waals surface area contributed by atoms with Gasteiger partial charge in [-0.2, -0.15) is 13.2 Å². The fraction of sp³-hybridized carbons (Fsp3) is 0.423. The molecule has 1 saturated heterocycles. The van der Waals surface area contributed by atoms with Crippen molar-refractivity contribution >= 4 is 27.7 Å². The maximum absolute atomic E-state index is 13.5. The van der Waals surface area contributed by atoms with Gasteiger partial charge in [-0.1, -0.05) is 6.07 Å². The maximum atomic E-state index is 13.5. The third kappa shape index (κ3) is 5.78. The number of halogens is 3. The molecule has 4 rings (SSSR count). The van der Waals surface area contributed by atoms with Gasteiger partial charge in [0.15, 0.2) is 0 Å². The standard InChI is InChI=1S/C26H29F3N4O5S/c1-16-14-19(23(34)30-2)5-4-17(16)8-13-39(36,37)33-11-9-25(10-12-33)24(35)31-22(32-25)18-6-7-21(38-3)20(15-18)26(27,28)29/h4-7,14-15H,8-13H2,1-3H3,(H,30,34)(H,31,32,35). The zero-order chi connectivity index (χ0) is 28.6. The molecule has 13 heteroatoms. The first-order chi connectivity index (χ1) is 18.3. The lowest BCUT2D eigenvalue weighted by atomic mass is 9.89. The van der Waals surface area contributed by atoms with Crippen LogP contribution in [0.2, 0.25) is 0 Å². The third-order valence-electron chi connectivity index (χ3n) is 7.16. The number of ether oxygens (including phenoxy) is 1. The summed E-state index contributed by atoms with van der Waals surface area (Å²) in [6, 6.07) is 8.52. The van der Waals surface area contributed by atoms with Gasteiger partial charge in [-0.15, -0.1) is 0 Å². The molecule has 1 fully saturated rings.